The van der Waals surface area contributed by atoms with Gasteiger partial charge in [-0.25, -0.2) is 4.98 Å². The first-order valence-electron chi connectivity index (χ1n) is 6.78. The zero-order valence-corrected chi connectivity index (χ0v) is 12.0. The van der Waals surface area contributed by atoms with Gasteiger partial charge in [-0.3, -0.25) is 4.79 Å². The van der Waals surface area contributed by atoms with E-state index < -0.39 is 0 Å². The van der Waals surface area contributed by atoms with Crippen molar-refractivity contribution in [3.8, 4) is 22.8 Å². The fourth-order valence-corrected chi connectivity index (χ4v) is 2.11. The molecule has 0 bridgehead atoms. The zero-order chi connectivity index (χ0) is 14.8. The Bertz CT molecular complexity index is 768. The lowest BCUT2D eigenvalue weighted by Gasteiger charge is -1.99. The van der Waals surface area contributed by atoms with E-state index in [-0.39, 0.29) is 5.78 Å². The third-order valence-corrected chi connectivity index (χ3v) is 3.38. The Balaban J connectivity index is 1.90. The van der Waals surface area contributed by atoms with Crippen LogP contribution in [-0.4, -0.2) is 10.8 Å². The first kappa shape index (κ1) is 13.3. The summed E-state index contributed by atoms with van der Waals surface area (Å²) in [4.78, 5) is 15.6. The molecule has 0 saturated carbocycles. The molecule has 0 fully saturated rings. The van der Waals surface area contributed by atoms with Crippen molar-refractivity contribution >= 4 is 5.78 Å². The van der Waals surface area contributed by atoms with Crippen LogP contribution in [0.15, 0.2) is 59.1 Å². The number of hydrogen-bond acceptors (Lipinski definition) is 3. The van der Waals surface area contributed by atoms with Gasteiger partial charge in [0, 0.05) is 16.7 Å². The third-order valence-electron chi connectivity index (χ3n) is 3.38. The minimum Gasteiger partial charge on any atom is -0.436 e. The van der Waals surface area contributed by atoms with Crippen LogP contribution >= 0.6 is 0 Å². The Kier molecular flexibility index (Phi) is 3.40. The number of aromatic nitrogens is 1. The molecule has 0 saturated heterocycles. The summed E-state index contributed by atoms with van der Waals surface area (Å²) in [6, 6.07) is 15.4. The predicted octanol–water partition coefficient (Wildman–Crippen LogP) is 4.52. The van der Waals surface area contributed by atoms with Crippen LogP contribution in [0.2, 0.25) is 0 Å². The fraction of sp³-hybridized carbons (Fsp3) is 0.111. The van der Waals surface area contributed by atoms with Gasteiger partial charge in [-0.1, -0.05) is 42.0 Å². The lowest BCUT2D eigenvalue weighted by Crippen LogP contribution is -1.90. The molecule has 21 heavy (non-hydrogen) atoms. The van der Waals surface area contributed by atoms with Crippen molar-refractivity contribution in [3.63, 3.8) is 0 Å². The van der Waals surface area contributed by atoms with E-state index in [4.69, 9.17) is 4.42 Å². The maximum atomic E-state index is 11.3. The van der Waals surface area contributed by atoms with Gasteiger partial charge in [0.2, 0.25) is 5.89 Å². The van der Waals surface area contributed by atoms with E-state index in [2.05, 4.69) is 4.98 Å². The van der Waals surface area contributed by atoms with Crippen molar-refractivity contribution in [2.24, 2.45) is 0 Å². The zero-order valence-electron chi connectivity index (χ0n) is 12.0. The Morgan fingerprint density at radius 3 is 2.19 bits per heavy atom. The summed E-state index contributed by atoms with van der Waals surface area (Å²) in [6.07, 6.45) is 1.71. The number of hydrogen-bond donors (Lipinski definition) is 0. The second kappa shape index (κ2) is 5.37. The smallest absolute Gasteiger partial charge is 0.226 e. The van der Waals surface area contributed by atoms with E-state index in [0.29, 0.717) is 17.2 Å². The molecular formula is C18H15NO2. The summed E-state index contributed by atoms with van der Waals surface area (Å²) in [7, 11) is 0. The number of benzene rings is 2. The van der Waals surface area contributed by atoms with Gasteiger partial charge in [0.15, 0.2) is 11.5 Å². The number of nitrogens with zero attached hydrogens (tertiary/aromatic N) is 1. The van der Waals surface area contributed by atoms with E-state index >= 15 is 0 Å². The molecule has 0 aliphatic rings. The highest BCUT2D eigenvalue weighted by Gasteiger charge is 2.09. The molecule has 104 valence electrons. The van der Waals surface area contributed by atoms with Gasteiger partial charge in [0.1, 0.15) is 0 Å². The van der Waals surface area contributed by atoms with Crippen LogP contribution in [0.3, 0.4) is 0 Å². The summed E-state index contributed by atoms with van der Waals surface area (Å²) in [5.74, 6) is 1.35. The topological polar surface area (TPSA) is 43.1 Å². The number of oxazole rings is 1. The largest absolute Gasteiger partial charge is 0.436 e. The molecule has 3 heteroatoms. The van der Waals surface area contributed by atoms with Gasteiger partial charge < -0.3 is 4.42 Å². The highest BCUT2D eigenvalue weighted by Crippen LogP contribution is 2.26. The quantitative estimate of drug-likeness (QED) is 0.661. The average Bonchev–Trinajstić information content (AvgIpc) is 2.98. The molecular weight excluding hydrogens is 262 g/mol. The minimum absolute atomic E-state index is 0.0551. The number of carbonyl (C=O) groups is 1. The number of carbonyl (C=O) groups excluding carboxylic acids is 1. The van der Waals surface area contributed by atoms with Crippen LogP contribution in [0.1, 0.15) is 22.8 Å². The standard InChI is InChI=1S/C18H15NO2/c1-12-3-5-16(6-4-12)18-19-11-17(21-18)15-9-7-14(8-10-15)13(2)20/h3-11H,1-2H3. The van der Waals surface area contributed by atoms with E-state index in [1.807, 2.05) is 43.3 Å². The molecule has 0 aliphatic carbocycles. The molecule has 0 radical (unpaired) electrons. The maximum absolute atomic E-state index is 11.3. The highest BCUT2D eigenvalue weighted by atomic mass is 16.4. The second-order valence-electron chi connectivity index (χ2n) is 5.03. The van der Waals surface area contributed by atoms with Gasteiger partial charge >= 0.3 is 0 Å². The number of ketones is 1. The molecule has 0 amide bonds. The molecule has 3 nitrogen and oxygen atoms in total. The normalized spacial score (nSPS) is 10.6. The van der Waals surface area contributed by atoms with Crippen LogP contribution in [0.5, 0.6) is 0 Å². The van der Waals surface area contributed by atoms with E-state index in [1.54, 1.807) is 25.3 Å². The Morgan fingerprint density at radius 2 is 1.57 bits per heavy atom. The molecule has 1 heterocycles. The van der Waals surface area contributed by atoms with Gasteiger partial charge in [-0.15, -0.1) is 0 Å². The summed E-state index contributed by atoms with van der Waals surface area (Å²) in [6.45, 7) is 3.60. The van der Waals surface area contributed by atoms with Gasteiger partial charge in [0.25, 0.3) is 0 Å². The van der Waals surface area contributed by atoms with Crippen molar-refractivity contribution < 1.29 is 9.21 Å². The van der Waals surface area contributed by atoms with Crippen LogP contribution in [-0.2, 0) is 0 Å². The van der Waals surface area contributed by atoms with E-state index in [9.17, 15) is 4.79 Å². The fourth-order valence-electron chi connectivity index (χ4n) is 2.11. The second-order valence-corrected chi connectivity index (χ2v) is 5.03. The molecule has 3 aromatic rings. The molecule has 1 aromatic heterocycles. The first-order chi connectivity index (χ1) is 10.1. The van der Waals surface area contributed by atoms with Crippen molar-refractivity contribution in [1.82, 2.24) is 4.98 Å². The first-order valence-corrected chi connectivity index (χ1v) is 6.78. The maximum Gasteiger partial charge on any atom is 0.226 e. The number of Topliss-reactive ketones (excluding diaryl/α,β-unsaturated/α-hetero) is 1. The summed E-state index contributed by atoms with van der Waals surface area (Å²) < 4.78 is 5.80. The Labute approximate surface area is 123 Å². The summed E-state index contributed by atoms with van der Waals surface area (Å²) in [5.41, 5.74) is 3.75. The lowest BCUT2D eigenvalue weighted by molar-refractivity contribution is 0.101. The van der Waals surface area contributed by atoms with E-state index in [1.165, 1.54) is 5.56 Å². The third kappa shape index (κ3) is 2.77. The summed E-state index contributed by atoms with van der Waals surface area (Å²) >= 11 is 0. The lowest BCUT2D eigenvalue weighted by atomic mass is 10.1. The van der Waals surface area contributed by atoms with Crippen LogP contribution in [0, 0.1) is 6.92 Å². The van der Waals surface area contributed by atoms with Crippen molar-refractivity contribution in [2.45, 2.75) is 13.8 Å². The Hall–Kier alpha value is -2.68. The van der Waals surface area contributed by atoms with Crippen LogP contribution in [0.4, 0.5) is 0 Å². The molecule has 3 rings (SSSR count). The van der Waals surface area contributed by atoms with E-state index in [0.717, 1.165) is 11.1 Å². The number of aryl methyl sites for hydroxylation is 1. The number of rotatable bonds is 3. The average molecular weight is 277 g/mol. The highest BCUT2D eigenvalue weighted by molar-refractivity contribution is 5.94. The monoisotopic (exact) mass is 277 g/mol. The van der Waals surface area contributed by atoms with Crippen LogP contribution < -0.4 is 0 Å². The van der Waals surface area contributed by atoms with Crippen LogP contribution in [0.25, 0.3) is 22.8 Å². The van der Waals surface area contributed by atoms with Gasteiger partial charge in [0.05, 0.1) is 6.20 Å². The molecule has 2 aromatic carbocycles. The summed E-state index contributed by atoms with van der Waals surface area (Å²) in [5, 5.41) is 0. The molecule has 0 N–H and O–H groups in total. The van der Waals surface area contributed by atoms with Gasteiger partial charge in [-0.05, 0) is 26.0 Å². The Morgan fingerprint density at radius 1 is 0.952 bits per heavy atom. The van der Waals surface area contributed by atoms with Crippen molar-refractivity contribution in [2.75, 3.05) is 0 Å². The molecule has 0 aliphatic heterocycles. The van der Waals surface area contributed by atoms with Gasteiger partial charge in [-0.2, -0.15) is 0 Å². The predicted molar refractivity (Wildman–Crippen MR) is 82.1 cm³/mol. The van der Waals surface area contributed by atoms with Crippen molar-refractivity contribution in [3.05, 3.63) is 65.9 Å². The minimum atomic E-state index is 0.0551. The van der Waals surface area contributed by atoms with Crippen molar-refractivity contribution in [1.29, 1.82) is 0 Å². The molecule has 0 atom stereocenters. The molecule has 0 spiro atoms. The SMILES string of the molecule is CC(=O)c1ccc(-c2cnc(-c3ccc(C)cc3)o2)cc1. The molecule has 0 unspecified atom stereocenters.